The molecule has 0 atom stereocenters. The number of methoxy groups -OCH3 is 2. The van der Waals surface area contributed by atoms with Crippen LogP contribution in [0.25, 0.3) is 33.6 Å². The Kier molecular flexibility index (Phi) is 10.5. The fourth-order valence-electron chi connectivity index (χ4n) is 5.50. The predicted octanol–water partition coefficient (Wildman–Crippen LogP) is 6.60. The molecule has 5 rings (SSSR count). The van der Waals surface area contributed by atoms with E-state index in [9.17, 15) is 4.39 Å². The Bertz CT molecular complexity index is 1570. The van der Waals surface area contributed by atoms with Gasteiger partial charge in [0.05, 0.1) is 48.9 Å². The SMILES string of the molecule is COc1cc(-c2nccc(-c3cccc(-c4ccc(CNCCO)c(OC)n4)c3Cl)c2Cl)cc2c1CN(CCCF)CC2. The van der Waals surface area contributed by atoms with Gasteiger partial charge in [0, 0.05) is 72.3 Å². The number of halogens is 3. The van der Waals surface area contributed by atoms with Crippen LogP contribution in [0.3, 0.4) is 0 Å². The van der Waals surface area contributed by atoms with E-state index in [-0.39, 0.29) is 13.3 Å². The molecule has 1 aliphatic heterocycles. The second-order valence-electron chi connectivity index (χ2n) is 10.3. The van der Waals surface area contributed by atoms with Crippen molar-refractivity contribution in [3.8, 4) is 45.3 Å². The van der Waals surface area contributed by atoms with Crippen molar-refractivity contribution in [1.29, 1.82) is 0 Å². The van der Waals surface area contributed by atoms with Gasteiger partial charge in [0.25, 0.3) is 0 Å². The number of rotatable bonds is 12. The van der Waals surface area contributed by atoms with E-state index in [2.05, 4.69) is 21.3 Å². The zero-order valence-corrected chi connectivity index (χ0v) is 25.8. The van der Waals surface area contributed by atoms with Crippen LogP contribution in [-0.2, 0) is 19.5 Å². The summed E-state index contributed by atoms with van der Waals surface area (Å²) in [6, 6.07) is 15.6. The lowest BCUT2D eigenvalue weighted by molar-refractivity contribution is 0.236. The standard InChI is InChI=1S/C33H35Cl2FN4O3/c1-42-29-18-23(17-21-10-15-40(14-4-11-36)20-27(21)29)32-31(35)25(9-12-38-32)24-5-3-6-26(30(24)34)28-8-7-22(19-37-13-16-41)33(39-28)43-2/h3,5-9,12,17-18,37,41H,4,10-11,13-16,19-20H2,1-2H3. The van der Waals surface area contributed by atoms with Gasteiger partial charge in [0.15, 0.2) is 0 Å². The number of aromatic nitrogens is 2. The lowest BCUT2D eigenvalue weighted by atomic mass is 9.94. The monoisotopic (exact) mass is 624 g/mol. The van der Waals surface area contributed by atoms with E-state index < -0.39 is 0 Å². The summed E-state index contributed by atoms with van der Waals surface area (Å²) in [5.41, 5.74) is 7.61. The molecule has 4 aromatic rings. The summed E-state index contributed by atoms with van der Waals surface area (Å²) < 4.78 is 24.1. The molecule has 1 aliphatic rings. The lowest BCUT2D eigenvalue weighted by Crippen LogP contribution is -2.32. The number of hydrogen-bond donors (Lipinski definition) is 2. The Morgan fingerprint density at radius 1 is 1.02 bits per heavy atom. The van der Waals surface area contributed by atoms with E-state index in [1.807, 2.05) is 42.5 Å². The highest BCUT2D eigenvalue weighted by atomic mass is 35.5. The summed E-state index contributed by atoms with van der Waals surface area (Å²) in [5.74, 6) is 1.26. The molecule has 43 heavy (non-hydrogen) atoms. The van der Waals surface area contributed by atoms with Crippen molar-refractivity contribution in [1.82, 2.24) is 20.2 Å². The molecule has 226 valence electrons. The number of fused-ring (bicyclic) bond motifs is 1. The van der Waals surface area contributed by atoms with Gasteiger partial charge in [0.1, 0.15) is 5.75 Å². The fraction of sp³-hybridized carbons (Fsp3) is 0.333. The summed E-state index contributed by atoms with van der Waals surface area (Å²) in [7, 11) is 3.24. The molecule has 0 fully saturated rings. The van der Waals surface area contributed by atoms with Gasteiger partial charge in [-0.3, -0.25) is 14.3 Å². The maximum absolute atomic E-state index is 12.8. The van der Waals surface area contributed by atoms with Crippen molar-refractivity contribution in [2.24, 2.45) is 0 Å². The quantitative estimate of drug-likeness (QED) is 0.172. The first-order valence-corrected chi connectivity index (χ1v) is 15.0. The van der Waals surface area contributed by atoms with Crippen LogP contribution in [0.1, 0.15) is 23.1 Å². The number of nitrogens with one attached hydrogen (secondary N) is 1. The van der Waals surface area contributed by atoms with Crippen molar-refractivity contribution in [3.05, 3.63) is 81.5 Å². The first kappa shape index (κ1) is 31.2. The van der Waals surface area contributed by atoms with Gasteiger partial charge in [-0.2, -0.15) is 0 Å². The third-order valence-electron chi connectivity index (χ3n) is 7.67. The molecule has 0 radical (unpaired) electrons. The Balaban J connectivity index is 1.49. The van der Waals surface area contributed by atoms with E-state index in [0.29, 0.717) is 46.8 Å². The van der Waals surface area contributed by atoms with E-state index in [4.69, 9.17) is 42.8 Å². The lowest BCUT2D eigenvalue weighted by Gasteiger charge is -2.30. The van der Waals surface area contributed by atoms with Gasteiger partial charge in [0.2, 0.25) is 5.88 Å². The number of benzene rings is 2. The largest absolute Gasteiger partial charge is 0.496 e. The number of aliphatic hydroxyl groups is 1. The molecule has 2 N–H and O–H groups in total. The third kappa shape index (κ3) is 6.79. The van der Waals surface area contributed by atoms with E-state index >= 15 is 0 Å². The van der Waals surface area contributed by atoms with Crippen molar-refractivity contribution in [3.63, 3.8) is 0 Å². The maximum atomic E-state index is 12.8. The van der Waals surface area contributed by atoms with Crippen LogP contribution in [0.2, 0.25) is 10.0 Å². The average Bonchev–Trinajstić information content (AvgIpc) is 3.04. The Hall–Kier alpha value is -3.27. The normalized spacial score (nSPS) is 13.2. The maximum Gasteiger partial charge on any atom is 0.218 e. The predicted molar refractivity (Wildman–Crippen MR) is 170 cm³/mol. The Morgan fingerprint density at radius 2 is 1.84 bits per heavy atom. The summed E-state index contributed by atoms with van der Waals surface area (Å²) in [6.45, 7) is 3.05. The van der Waals surface area contributed by atoms with E-state index in [1.54, 1.807) is 20.4 Å². The molecule has 0 amide bonds. The van der Waals surface area contributed by atoms with Crippen molar-refractivity contribution in [2.45, 2.75) is 25.9 Å². The van der Waals surface area contributed by atoms with Gasteiger partial charge in [-0.1, -0.05) is 47.5 Å². The highest BCUT2D eigenvalue weighted by Crippen LogP contribution is 2.43. The number of aliphatic hydroxyl groups excluding tert-OH is 1. The van der Waals surface area contributed by atoms with Crippen molar-refractivity contribution >= 4 is 23.2 Å². The molecule has 10 heteroatoms. The molecule has 0 saturated carbocycles. The number of hydrogen-bond acceptors (Lipinski definition) is 7. The van der Waals surface area contributed by atoms with Crippen LogP contribution in [0.5, 0.6) is 11.6 Å². The van der Waals surface area contributed by atoms with Gasteiger partial charge in [-0.05, 0) is 42.7 Å². The van der Waals surface area contributed by atoms with Gasteiger partial charge in [-0.15, -0.1) is 0 Å². The van der Waals surface area contributed by atoms with Gasteiger partial charge < -0.3 is 19.9 Å². The molecular weight excluding hydrogens is 590 g/mol. The molecule has 0 saturated heterocycles. The average molecular weight is 626 g/mol. The highest BCUT2D eigenvalue weighted by Gasteiger charge is 2.23. The van der Waals surface area contributed by atoms with Gasteiger partial charge in [-0.25, -0.2) is 4.98 Å². The molecule has 3 heterocycles. The van der Waals surface area contributed by atoms with Crippen LogP contribution in [0.15, 0.2) is 54.7 Å². The minimum Gasteiger partial charge on any atom is -0.496 e. The topological polar surface area (TPSA) is 79.7 Å². The minimum atomic E-state index is -0.312. The molecule has 0 bridgehead atoms. The number of nitrogens with zero attached hydrogens (tertiary/aromatic N) is 3. The molecule has 7 nitrogen and oxygen atoms in total. The van der Waals surface area contributed by atoms with Gasteiger partial charge >= 0.3 is 0 Å². The molecule has 2 aromatic heterocycles. The van der Waals surface area contributed by atoms with Crippen LogP contribution in [0.4, 0.5) is 4.39 Å². The summed E-state index contributed by atoms with van der Waals surface area (Å²) in [6.07, 6.45) is 3.10. The molecule has 0 spiro atoms. The molecular formula is C33H35Cl2FN4O3. The minimum absolute atomic E-state index is 0.0525. The molecule has 0 unspecified atom stereocenters. The zero-order valence-electron chi connectivity index (χ0n) is 24.3. The third-order valence-corrected chi connectivity index (χ3v) is 8.46. The van der Waals surface area contributed by atoms with E-state index in [0.717, 1.165) is 65.2 Å². The number of pyridine rings is 2. The second-order valence-corrected chi connectivity index (χ2v) is 11.1. The Labute approximate surface area is 261 Å². The van der Waals surface area contributed by atoms with Crippen LogP contribution >= 0.6 is 23.2 Å². The van der Waals surface area contributed by atoms with Crippen LogP contribution in [-0.4, -0.2) is 67.1 Å². The van der Waals surface area contributed by atoms with Crippen LogP contribution in [0, 0.1) is 0 Å². The van der Waals surface area contributed by atoms with Crippen molar-refractivity contribution < 1.29 is 19.0 Å². The fourth-order valence-corrected chi connectivity index (χ4v) is 6.15. The molecule has 2 aromatic carbocycles. The first-order chi connectivity index (χ1) is 21.0. The highest BCUT2D eigenvalue weighted by molar-refractivity contribution is 6.39. The zero-order chi connectivity index (χ0) is 30.3. The summed E-state index contributed by atoms with van der Waals surface area (Å²) in [4.78, 5) is 11.6. The second kappa shape index (κ2) is 14.5. The Morgan fingerprint density at radius 3 is 2.60 bits per heavy atom. The first-order valence-electron chi connectivity index (χ1n) is 14.3. The van der Waals surface area contributed by atoms with Crippen LogP contribution < -0.4 is 14.8 Å². The molecule has 0 aliphatic carbocycles. The smallest absolute Gasteiger partial charge is 0.218 e. The number of ether oxygens (including phenoxy) is 2. The number of alkyl halides is 1. The summed E-state index contributed by atoms with van der Waals surface area (Å²) in [5, 5.41) is 13.2. The van der Waals surface area contributed by atoms with Crippen molar-refractivity contribution in [2.75, 3.05) is 47.1 Å². The van der Waals surface area contributed by atoms with E-state index in [1.165, 1.54) is 5.56 Å². The summed E-state index contributed by atoms with van der Waals surface area (Å²) >= 11 is 14.1.